The van der Waals surface area contributed by atoms with Crippen molar-refractivity contribution >= 4 is 23.7 Å². The second kappa shape index (κ2) is 13.3. The molecule has 4 heterocycles. The van der Waals surface area contributed by atoms with Crippen molar-refractivity contribution in [3.63, 3.8) is 0 Å². The molecule has 1 aromatic heterocycles. The van der Waals surface area contributed by atoms with E-state index in [4.69, 9.17) is 4.74 Å². The zero-order valence-electron chi connectivity index (χ0n) is 21.1. The van der Waals surface area contributed by atoms with Gasteiger partial charge in [0, 0.05) is 43.0 Å². The number of ether oxygens (including phenoxy) is 1. The molecule has 0 radical (unpaired) electrons. The number of aliphatic hydroxyl groups excluding tert-OH is 2. The van der Waals surface area contributed by atoms with E-state index in [9.17, 15) is 29.4 Å². The van der Waals surface area contributed by atoms with Crippen LogP contribution >= 0.6 is 11.8 Å². The van der Waals surface area contributed by atoms with Crippen LogP contribution in [0.25, 0.3) is 0 Å². The van der Waals surface area contributed by atoms with E-state index < -0.39 is 29.7 Å². The molecule has 4 rings (SSSR count). The third-order valence-electron chi connectivity index (χ3n) is 7.02. The van der Waals surface area contributed by atoms with E-state index in [1.807, 2.05) is 11.8 Å². The number of unbranched alkanes of at least 4 members (excludes halogenated alkanes) is 3. The summed E-state index contributed by atoms with van der Waals surface area (Å²) in [5.74, 6) is 6.67. The monoisotopic (exact) mass is 549 g/mol. The van der Waals surface area contributed by atoms with Crippen molar-refractivity contribution in [1.82, 2.24) is 25.5 Å². The van der Waals surface area contributed by atoms with Gasteiger partial charge in [-0.3, -0.25) is 19.1 Å². The van der Waals surface area contributed by atoms with Gasteiger partial charge in [-0.2, -0.15) is 11.8 Å². The van der Waals surface area contributed by atoms with Crippen LogP contribution in [0.4, 0.5) is 4.79 Å². The molecule has 0 saturated carbocycles. The van der Waals surface area contributed by atoms with Crippen LogP contribution in [-0.4, -0.2) is 80.1 Å². The van der Waals surface area contributed by atoms with Crippen molar-refractivity contribution in [2.45, 2.75) is 87.1 Å². The molecule has 208 valence electrons. The molecule has 3 amide bonds. The standard InChI is InChI=1S/C25H35N5O7S/c31-13-18-17(32)11-21(37-18)30-12-15(23(34)29-25(30)36)7-3-1-2-6-10-26-20(33)9-5-4-8-19-22-16(14-38-19)27-24(35)28-22/h12,16-19,21-22,31-32H,1-2,4-6,8-11,13-14H2,(H,26,33)(H2,27,28,35)(H,29,34,36)/t16-,17+,18-,19-,21-,22-/m1/s1. The molecule has 12 nitrogen and oxygen atoms in total. The first-order valence-electron chi connectivity index (χ1n) is 13.1. The van der Waals surface area contributed by atoms with E-state index in [2.05, 4.69) is 32.8 Å². The molecule has 3 aliphatic heterocycles. The Morgan fingerprint density at radius 1 is 1.21 bits per heavy atom. The van der Waals surface area contributed by atoms with Crippen molar-refractivity contribution in [2.24, 2.45) is 0 Å². The number of amides is 3. The van der Waals surface area contributed by atoms with Gasteiger partial charge in [-0.05, 0) is 25.7 Å². The first-order valence-corrected chi connectivity index (χ1v) is 14.1. The summed E-state index contributed by atoms with van der Waals surface area (Å²) in [7, 11) is 0. The van der Waals surface area contributed by atoms with Crippen LogP contribution in [-0.2, 0) is 9.53 Å². The quantitative estimate of drug-likeness (QED) is 0.122. The third kappa shape index (κ3) is 7.19. The lowest BCUT2D eigenvalue weighted by Gasteiger charge is -2.16. The molecule has 6 atom stereocenters. The van der Waals surface area contributed by atoms with Crippen LogP contribution in [0.1, 0.15) is 63.2 Å². The topological polar surface area (TPSA) is 175 Å². The van der Waals surface area contributed by atoms with Crippen molar-refractivity contribution in [2.75, 3.05) is 18.9 Å². The maximum Gasteiger partial charge on any atom is 0.330 e. The van der Waals surface area contributed by atoms with Gasteiger partial charge >= 0.3 is 11.7 Å². The van der Waals surface area contributed by atoms with Crippen molar-refractivity contribution < 1.29 is 24.5 Å². The Morgan fingerprint density at radius 2 is 2.05 bits per heavy atom. The molecule has 0 aliphatic carbocycles. The lowest BCUT2D eigenvalue weighted by Crippen LogP contribution is -2.36. The van der Waals surface area contributed by atoms with Crippen LogP contribution in [0.2, 0.25) is 0 Å². The predicted molar refractivity (Wildman–Crippen MR) is 141 cm³/mol. The molecule has 3 saturated heterocycles. The summed E-state index contributed by atoms with van der Waals surface area (Å²) in [5, 5.41) is 28.4. The fourth-order valence-corrected chi connectivity index (χ4v) is 6.47. The van der Waals surface area contributed by atoms with E-state index in [0.29, 0.717) is 24.6 Å². The second-order valence-electron chi connectivity index (χ2n) is 9.80. The van der Waals surface area contributed by atoms with E-state index in [-0.39, 0.29) is 42.6 Å². The summed E-state index contributed by atoms with van der Waals surface area (Å²) >= 11 is 1.88. The van der Waals surface area contributed by atoms with Gasteiger partial charge in [-0.1, -0.05) is 18.3 Å². The Morgan fingerprint density at radius 3 is 2.84 bits per heavy atom. The summed E-state index contributed by atoms with van der Waals surface area (Å²) in [5.41, 5.74) is -1.15. The highest BCUT2D eigenvalue weighted by Gasteiger charge is 2.42. The zero-order valence-corrected chi connectivity index (χ0v) is 21.9. The number of hydrogen-bond acceptors (Lipinski definition) is 8. The van der Waals surface area contributed by atoms with Gasteiger partial charge in [-0.15, -0.1) is 0 Å². The summed E-state index contributed by atoms with van der Waals surface area (Å²) in [4.78, 5) is 50.0. The van der Waals surface area contributed by atoms with Gasteiger partial charge in [-0.25, -0.2) is 9.59 Å². The Kier molecular flexibility index (Phi) is 9.90. The number of carbonyl (C=O) groups excluding carboxylic acids is 2. The Labute approximate surface area is 224 Å². The number of thioether (sulfide) groups is 1. The Bertz CT molecular complexity index is 1180. The zero-order chi connectivity index (χ0) is 27.1. The molecular weight excluding hydrogens is 514 g/mol. The highest BCUT2D eigenvalue weighted by molar-refractivity contribution is 8.00. The van der Waals surface area contributed by atoms with Gasteiger partial charge in [0.1, 0.15) is 17.9 Å². The molecular formula is C25H35N5O7S. The minimum absolute atomic E-state index is 0.0281. The first-order chi connectivity index (χ1) is 18.4. The number of aromatic nitrogens is 2. The average molecular weight is 550 g/mol. The van der Waals surface area contributed by atoms with Crippen LogP contribution in [0, 0.1) is 11.8 Å². The molecule has 38 heavy (non-hydrogen) atoms. The molecule has 0 unspecified atom stereocenters. The molecule has 0 aromatic carbocycles. The van der Waals surface area contributed by atoms with Gasteiger partial charge in [0.2, 0.25) is 5.91 Å². The normalized spacial score (nSPS) is 27.8. The molecule has 3 fully saturated rings. The van der Waals surface area contributed by atoms with Crippen molar-refractivity contribution in [3.8, 4) is 11.8 Å². The number of fused-ring (bicyclic) bond motifs is 1. The van der Waals surface area contributed by atoms with Gasteiger partial charge < -0.3 is 30.9 Å². The SMILES string of the molecule is O=C(CCCC[C@H]1SC[C@H]2NC(=O)N[C@H]21)NCCCCC#Cc1cn([C@H]2C[C@H](O)[C@@H](CO)O2)c(=O)[nH]c1=O. The van der Waals surface area contributed by atoms with Crippen LogP contribution < -0.4 is 27.2 Å². The summed E-state index contributed by atoms with van der Waals surface area (Å²) < 4.78 is 6.66. The molecule has 0 bridgehead atoms. The maximum atomic E-state index is 12.2. The second-order valence-corrected chi connectivity index (χ2v) is 11.1. The molecule has 1 aromatic rings. The first kappa shape index (κ1) is 28.2. The number of aliphatic hydroxyl groups is 2. The number of H-pyrrole nitrogens is 1. The number of carbonyl (C=O) groups is 2. The van der Waals surface area contributed by atoms with Gasteiger partial charge in [0.05, 0.1) is 24.8 Å². The molecule has 0 spiro atoms. The number of urea groups is 1. The van der Waals surface area contributed by atoms with Gasteiger partial charge in [0.25, 0.3) is 5.56 Å². The largest absolute Gasteiger partial charge is 0.394 e. The minimum Gasteiger partial charge on any atom is -0.394 e. The highest BCUT2D eigenvalue weighted by Crippen LogP contribution is 2.33. The number of nitrogens with one attached hydrogen (secondary N) is 4. The van der Waals surface area contributed by atoms with E-state index in [1.54, 1.807) is 0 Å². The highest BCUT2D eigenvalue weighted by atomic mass is 32.2. The van der Waals surface area contributed by atoms with Gasteiger partial charge in [0.15, 0.2) is 0 Å². The maximum absolute atomic E-state index is 12.2. The van der Waals surface area contributed by atoms with Crippen LogP contribution in [0.5, 0.6) is 0 Å². The summed E-state index contributed by atoms with van der Waals surface area (Å²) in [6, 6.07) is 0.344. The van der Waals surface area contributed by atoms with Crippen LogP contribution in [0.15, 0.2) is 15.8 Å². The van der Waals surface area contributed by atoms with E-state index in [1.165, 1.54) is 10.8 Å². The number of nitrogens with zero attached hydrogens (tertiary/aromatic N) is 1. The average Bonchev–Trinajstić information content (AvgIpc) is 3.56. The Balaban J connectivity index is 1.10. The number of aromatic amines is 1. The smallest absolute Gasteiger partial charge is 0.330 e. The van der Waals surface area contributed by atoms with Crippen molar-refractivity contribution in [3.05, 3.63) is 32.6 Å². The third-order valence-corrected chi connectivity index (χ3v) is 8.53. The van der Waals surface area contributed by atoms with Crippen molar-refractivity contribution in [1.29, 1.82) is 0 Å². The molecule has 3 aliphatic rings. The van der Waals surface area contributed by atoms with E-state index >= 15 is 0 Å². The van der Waals surface area contributed by atoms with Crippen LogP contribution in [0.3, 0.4) is 0 Å². The minimum atomic E-state index is -0.905. The number of rotatable bonds is 11. The predicted octanol–water partition coefficient (Wildman–Crippen LogP) is -0.459. The lowest BCUT2D eigenvalue weighted by molar-refractivity contribution is -0.121. The van der Waals surface area contributed by atoms with E-state index in [0.717, 1.165) is 37.9 Å². The summed E-state index contributed by atoms with van der Waals surface area (Å²) in [6.45, 7) is 0.183. The lowest BCUT2D eigenvalue weighted by atomic mass is 10.0. The fourth-order valence-electron chi connectivity index (χ4n) is 4.92. The molecule has 6 N–H and O–H groups in total. The Hall–Kier alpha value is -2.79. The fraction of sp³-hybridized carbons (Fsp3) is 0.680. The number of hydrogen-bond donors (Lipinski definition) is 6. The summed E-state index contributed by atoms with van der Waals surface area (Å²) in [6.07, 6.45) is 4.19. The molecule has 13 heteroatoms.